The maximum atomic E-state index is 10.2. The smallest absolute Gasteiger partial charge is 0.122 e. The van der Waals surface area contributed by atoms with Gasteiger partial charge in [0.15, 0.2) is 0 Å². The van der Waals surface area contributed by atoms with E-state index in [1.807, 2.05) is 20.8 Å². The second-order valence-electron chi connectivity index (χ2n) is 3.04. The lowest BCUT2D eigenvalue weighted by Crippen LogP contribution is -2.01. The van der Waals surface area contributed by atoms with E-state index in [0.29, 0.717) is 0 Å². The van der Waals surface area contributed by atoms with Gasteiger partial charge in [0.25, 0.3) is 0 Å². The number of rotatable bonds is 6. The average molecular weight is 157 g/mol. The molecule has 0 saturated heterocycles. The highest BCUT2D eigenvalue weighted by Gasteiger charge is 1.99. The first-order valence-electron chi connectivity index (χ1n) is 4.09. The van der Waals surface area contributed by atoms with Crippen molar-refractivity contribution in [2.45, 2.75) is 39.7 Å². The quantitative estimate of drug-likeness (QED) is 0.436. The van der Waals surface area contributed by atoms with Gasteiger partial charge in [0.1, 0.15) is 6.29 Å². The van der Waals surface area contributed by atoms with Crippen molar-refractivity contribution in [1.29, 1.82) is 0 Å². The minimum atomic E-state index is 0.155. The van der Waals surface area contributed by atoms with Gasteiger partial charge in [-0.1, -0.05) is 6.92 Å². The van der Waals surface area contributed by atoms with Crippen LogP contribution in [0.1, 0.15) is 33.6 Å². The van der Waals surface area contributed by atoms with Gasteiger partial charge in [-0.25, -0.2) is 0 Å². The van der Waals surface area contributed by atoms with E-state index in [9.17, 15) is 4.79 Å². The highest BCUT2D eigenvalue weighted by molar-refractivity contribution is 5.52. The summed E-state index contributed by atoms with van der Waals surface area (Å²) in [6.45, 7) is 7.67. The van der Waals surface area contributed by atoms with Crippen molar-refractivity contribution in [3.05, 3.63) is 6.61 Å². The van der Waals surface area contributed by atoms with Gasteiger partial charge in [0.05, 0.1) is 12.7 Å². The minimum absolute atomic E-state index is 0.155. The molecule has 0 aromatic heterocycles. The molecule has 2 nitrogen and oxygen atoms in total. The second-order valence-corrected chi connectivity index (χ2v) is 3.04. The Morgan fingerprint density at radius 2 is 2.00 bits per heavy atom. The van der Waals surface area contributed by atoms with Crippen LogP contribution in [-0.4, -0.2) is 12.4 Å². The van der Waals surface area contributed by atoms with E-state index in [1.165, 1.54) is 0 Å². The molecule has 0 spiro atoms. The van der Waals surface area contributed by atoms with Crippen molar-refractivity contribution in [2.24, 2.45) is 5.92 Å². The van der Waals surface area contributed by atoms with Gasteiger partial charge < -0.3 is 9.53 Å². The third kappa shape index (κ3) is 7.53. The Morgan fingerprint density at radius 3 is 2.45 bits per heavy atom. The summed E-state index contributed by atoms with van der Waals surface area (Å²) in [5.74, 6) is 0.155. The third-order valence-electron chi connectivity index (χ3n) is 1.34. The molecule has 0 aromatic rings. The predicted octanol–water partition coefficient (Wildman–Crippen LogP) is 2.19. The number of hydrogen-bond acceptors (Lipinski definition) is 2. The van der Waals surface area contributed by atoms with Crippen LogP contribution >= 0.6 is 0 Å². The molecule has 0 aliphatic carbocycles. The molecule has 0 aliphatic heterocycles. The Morgan fingerprint density at radius 1 is 1.36 bits per heavy atom. The Hall–Kier alpha value is -0.370. The van der Waals surface area contributed by atoms with Gasteiger partial charge in [-0.05, 0) is 26.7 Å². The van der Waals surface area contributed by atoms with Gasteiger partial charge in [0, 0.05) is 5.92 Å². The second kappa shape index (κ2) is 6.35. The summed E-state index contributed by atoms with van der Waals surface area (Å²) >= 11 is 0. The maximum Gasteiger partial charge on any atom is 0.122 e. The van der Waals surface area contributed by atoms with E-state index >= 15 is 0 Å². The summed E-state index contributed by atoms with van der Waals surface area (Å²) in [5.41, 5.74) is 0. The van der Waals surface area contributed by atoms with Crippen LogP contribution < -0.4 is 0 Å². The van der Waals surface area contributed by atoms with Gasteiger partial charge in [-0.3, -0.25) is 0 Å². The van der Waals surface area contributed by atoms with E-state index in [1.54, 1.807) is 6.61 Å². The first kappa shape index (κ1) is 10.6. The van der Waals surface area contributed by atoms with E-state index in [2.05, 4.69) is 0 Å². The molecule has 0 N–H and O–H groups in total. The van der Waals surface area contributed by atoms with E-state index in [0.717, 1.165) is 19.1 Å². The van der Waals surface area contributed by atoms with E-state index < -0.39 is 0 Å². The molecule has 2 heteroatoms. The molecule has 1 atom stereocenters. The van der Waals surface area contributed by atoms with Crippen LogP contribution in [0, 0.1) is 12.5 Å². The largest absolute Gasteiger partial charge is 0.373 e. The van der Waals surface area contributed by atoms with Gasteiger partial charge in [-0.2, -0.15) is 0 Å². The van der Waals surface area contributed by atoms with Crippen molar-refractivity contribution in [3.63, 3.8) is 0 Å². The van der Waals surface area contributed by atoms with E-state index in [4.69, 9.17) is 4.74 Å². The number of hydrogen-bond donors (Lipinski definition) is 0. The summed E-state index contributed by atoms with van der Waals surface area (Å²) in [4.78, 5) is 10.2. The fourth-order valence-electron chi connectivity index (χ4n) is 0.659. The minimum Gasteiger partial charge on any atom is -0.373 e. The van der Waals surface area contributed by atoms with Gasteiger partial charge in [0.2, 0.25) is 0 Å². The Bertz CT molecular complexity index is 99.7. The molecule has 0 fully saturated rings. The van der Waals surface area contributed by atoms with Gasteiger partial charge in [-0.15, -0.1) is 0 Å². The fourth-order valence-corrected chi connectivity index (χ4v) is 0.659. The van der Waals surface area contributed by atoms with Crippen LogP contribution in [0.2, 0.25) is 0 Å². The average Bonchev–Trinajstić information content (AvgIpc) is 1.97. The highest BCUT2D eigenvalue weighted by Crippen LogP contribution is 2.05. The van der Waals surface area contributed by atoms with Crippen molar-refractivity contribution in [2.75, 3.05) is 0 Å². The first-order chi connectivity index (χ1) is 5.16. The lowest BCUT2D eigenvalue weighted by molar-refractivity contribution is -0.110. The zero-order valence-corrected chi connectivity index (χ0v) is 7.54. The van der Waals surface area contributed by atoms with Crippen molar-refractivity contribution < 1.29 is 9.53 Å². The topological polar surface area (TPSA) is 26.3 Å². The molecule has 0 aliphatic rings. The predicted molar refractivity (Wildman–Crippen MR) is 45.0 cm³/mol. The Labute approximate surface area is 68.9 Å². The normalized spacial score (nSPS) is 13.5. The molecule has 0 saturated carbocycles. The molecule has 1 radical (unpaired) electrons. The number of carbonyl (C=O) groups is 1. The Kier molecular flexibility index (Phi) is 6.13. The van der Waals surface area contributed by atoms with Gasteiger partial charge >= 0.3 is 0 Å². The molecule has 0 amide bonds. The number of carbonyl (C=O) groups excluding carboxylic acids is 1. The standard InChI is InChI=1S/C9H17O2/c1-8(2)11-6-4-5-9(3)7-10/h6-9H,4-5H2,1-3H3. The van der Waals surface area contributed by atoms with Crippen molar-refractivity contribution in [3.8, 4) is 0 Å². The van der Waals surface area contributed by atoms with Crippen LogP contribution in [0.3, 0.4) is 0 Å². The lowest BCUT2D eigenvalue weighted by atomic mass is 10.1. The van der Waals surface area contributed by atoms with Crippen LogP contribution in [0.25, 0.3) is 0 Å². The molecule has 0 bridgehead atoms. The van der Waals surface area contributed by atoms with Crippen LogP contribution in [0.4, 0.5) is 0 Å². The van der Waals surface area contributed by atoms with Crippen molar-refractivity contribution >= 4 is 6.29 Å². The molecule has 11 heavy (non-hydrogen) atoms. The maximum absolute atomic E-state index is 10.2. The first-order valence-corrected chi connectivity index (χ1v) is 4.09. The summed E-state index contributed by atoms with van der Waals surface area (Å²) in [7, 11) is 0. The molecule has 0 aromatic carbocycles. The van der Waals surface area contributed by atoms with Crippen LogP contribution in [0.15, 0.2) is 0 Å². The van der Waals surface area contributed by atoms with Crippen LogP contribution in [0.5, 0.6) is 0 Å². The monoisotopic (exact) mass is 157 g/mol. The summed E-state index contributed by atoms with van der Waals surface area (Å²) < 4.78 is 5.20. The molecule has 0 rings (SSSR count). The highest BCUT2D eigenvalue weighted by atomic mass is 16.5. The zero-order valence-electron chi connectivity index (χ0n) is 7.54. The summed E-state index contributed by atoms with van der Waals surface area (Å²) in [5, 5.41) is 0. The molecule has 0 heterocycles. The molecule has 65 valence electrons. The van der Waals surface area contributed by atoms with Crippen LogP contribution in [-0.2, 0) is 9.53 Å². The summed E-state index contributed by atoms with van der Waals surface area (Å²) in [6.07, 6.45) is 2.97. The zero-order chi connectivity index (χ0) is 8.69. The fraction of sp³-hybridized carbons (Fsp3) is 0.778. The Balaban J connectivity index is 3.07. The molecular formula is C9H17O2. The lowest BCUT2D eigenvalue weighted by Gasteiger charge is -2.06. The molecule has 1 unspecified atom stereocenters. The molecular weight excluding hydrogens is 140 g/mol. The third-order valence-corrected chi connectivity index (χ3v) is 1.34. The number of ether oxygens (including phenoxy) is 1. The van der Waals surface area contributed by atoms with E-state index in [-0.39, 0.29) is 12.0 Å². The SMILES string of the molecule is CC(C=O)CC[CH]OC(C)C. The summed E-state index contributed by atoms with van der Waals surface area (Å²) in [6, 6.07) is 0. The van der Waals surface area contributed by atoms with Crippen molar-refractivity contribution in [1.82, 2.24) is 0 Å². The number of aldehydes is 1.